The first kappa shape index (κ1) is 21.3. The van der Waals surface area contributed by atoms with Gasteiger partial charge in [-0.3, -0.25) is 19.3 Å². The van der Waals surface area contributed by atoms with Gasteiger partial charge in [0.2, 0.25) is 5.91 Å². The minimum atomic E-state index is -0.717. The number of nitrogens with zero attached hydrogens (tertiary/aromatic N) is 3. The molecule has 1 aromatic carbocycles. The Morgan fingerprint density at radius 1 is 1.13 bits per heavy atom. The number of morpholine rings is 1. The van der Waals surface area contributed by atoms with Gasteiger partial charge in [0, 0.05) is 32.4 Å². The lowest BCUT2D eigenvalue weighted by atomic mass is 9.95. The molecule has 2 aliphatic rings. The van der Waals surface area contributed by atoms with Gasteiger partial charge < -0.3 is 19.9 Å². The van der Waals surface area contributed by atoms with Crippen LogP contribution in [-0.4, -0.2) is 65.1 Å². The van der Waals surface area contributed by atoms with Gasteiger partial charge in [0.05, 0.1) is 25.8 Å². The van der Waals surface area contributed by atoms with Crippen molar-refractivity contribution < 1.29 is 14.3 Å². The third kappa shape index (κ3) is 4.40. The molecule has 0 bridgehead atoms. The number of hydrogen-bond donors (Lipinski definition) is 1. The molecule has 31 heavy (non-hydrogen) atoms. The van der Waals surface area contributed by atoms with Crippen LogP contribution in [0.3, 0.4) is 0 Å². The average Bonchev–Trinajstić information content (AvgIpc) is 2.79. The predicted octanol–water partition coefficient (Wildman–Crippen LogP) is 0.601. The fourth-order valence-electron chi connectivity index (χ4n) is 4.44. The van der Waals surface area contributed by atoms with E-state index in [1.807, 2.05) is 42.2 Å². The van der Waals surface area contributed by atoms with Crippen LogP contribution in [0, 0.1) is 0 Å². The molecule has 0 spiro atoms. The minimum absolute atomic E-state index is 0.0433. The Hall–Kier alpha value is -2.97. The van der Waals surface area contributed by atoms with Crippen LogP contribution < -0.4 is 11.3 Å². The zero-order valence-electron chi connectivity index (χ0n) is 17.8. The highest BCUT2D eigenvalue weighted by Gasteiger charge is 2.31. The highest BCUT2D eigenvalue weighted by molar-refractivity contribution is 5.94. The summed E-state index contributed by atoms with van der Waals surface area (Å²) in [6, 6.07) is 9.33. The SMILES string of the molecule is CC(C(=O)N1CCc2c(cn(Cc3ccccc3)c(=O)c2C(N)=O)C1)N1CCOCC1. The molecule has 4 rings (SSSR count). The Bertz CT molecular complexity index is 1030. The lowest BCUT2D eigenvalue weighted by Crippen LogP contribution is -2.52. The summed E-state index contributed by atoms with van der Waals surface area (Å²) in [6.45, 7) is 5.82. The molecule has 3 heterocycles. The molecule has 1 atom stereocenters. The van der Waals surface area contributed by atoms with E-state index in [-0.39, 0.29) is 23.1 Å². The summed E-state index contributed by atoms with van der Waals surface area (Å²) in [5.41, 5.74) is 7.68. The van der Waals surface area contributed by atoms with Crippen molar-refractivity contribution in [3.05, 3.63) is 69.1 Å². The highest BCUT2D eigenvalue weighted by atomic mass is 16.5. The summed E-state index contributed by atoms with van der Waals surface area (Å²) < 4.78 is 6.91. The van der Waals surface area contributed by atoms with Crippen molar-refractivity contribution in [1.29, 1.82) is 0 Å². The molecule has 2 amide bonds. The zero-order chi connectivity index (χ0) is 22.0. The molecule has 0 radical (unpaired) electrons. The number of ether oxygens (including phenoxy) is 1. The molecule has 1 unspecified atom stereocenters. The maximum Gasteiger partial charge on any atom is 0.264 e. The van der Waals surface area contributed by atoms with Gasteiger partial charge >= 0.3 is 0 Å². The summed E-state index contributed by atoms with van der Waals surface area (Å²) in [7, 11) is 0. The molecule has 0 aliphatic carbocycles. The fraction of sp³-hybridized carbons (Fsp3) is 0.435. The van der Waals surface area contributed by atoms with Crippen molar-refractivity contribution in [3.63, 3.8) is 0 Å². The van der Waals surface area contributed by atoms with E-state index in [1.165, 1.54) is 4.57 Å². The Balaban J connectivity index is 1.62. The first-order valence-corrected chi connectivity index (χ1v) is 10.6. The van der Waals surface area contributed by atoms with E-state index in [9.17, 15) is 14.4 Å². The van der Waals surface area contributed by atoms with Crippen LogP contribution in [0.25, 0.3) is 0 Å². The van der Waals surface area contributed by atoms with Crippen molar-refractivity contribution in [1.82, 2.24) is 14.4 Å². The van der Waals surface area contributed by atoms with Crippen molar-refractivity contribution in [2.24, 2.45) is 5.73 Å². The van der Waals surface area contributed by atoms with Gasteiger partial charge in [-0.2, -0.15) is 0 Å². The van der Waals surface area contributed by atoms with Crippen LogP contribution in [0.15, 0.2) is 41.3 Å². The van der Waals surface area contributed by atoms with Gasteiger partial charge in [-0.1, -0.05) is 30.3 Å². The van der Waals surface area contributed by atoms with Gasteiger partial charge in [0.1, 0.15) is 5.56 Å². The maximum absolute atomic E-state index is 13.2. The van der Waals surface area contributed by atoms with E-state index >= 15 is 0 Å². The molecule has 2 aromatic rings. The highest BCUT2D eigenvalue weighted by Crippen LogP contribution is 2.22. The molecule has 8 nitrogen and oxygen atoms in total. The fourth-order valence-corrected chi connectivity index (χ4v) is 4.44. The summed E-state index contributed by atoms with van der Waals surface area (Å²) in [6.07, 6.45) is 2.21. The molecule has 0 saturated carbocycles. The number of amides is 2. The number of hydrogen-bond acceptors (Lipinski definition) is 5. The first-order valence-electron chi connectivity index (χ1n) is 10.6. The number of rotatable bonds is 5. The number of fused-ring (bicyclic) bond motifs is 1. The number of nitrogens with two attached hydrogens (primary N) is 1. The minimum Gasteiger partial charge on any atom is -0.379 e. The molecule has 2 aliphatic heterocycles. The Kier molecular flexibility index (Phi) is 6.20. The second-order valence-electron chi connectivity index (χ2n) is 8.12. The smallest absolute Gasteiger partial charge is 0.264 e. The van der Waals surface area contributed by atoms with Crippen LogP contribution in [0.2, 0.25) is 0 Å². The molecule has 1 aromatic heterocycles. The van der Waals surface area contributed by atoms with Crippen LogP contribution in [0.5, 0.6) is 0 Å². The zero-order valence-corrected chi connectivity index (χ0v) is 17.8. The standard InChI is InChI=1S/C23H28N4O4/c1-16(25-9-11-31-12-10-25)22(29)26-8-7-19-18(14-26)15-27(23(30)20(19)21(24)28)13-17-5-3-2-4-6-17/h2-6,15-16H,7-14H2,1H3,(H2,24,28). The first-order chi connectivity index (χ1) is 15.0. The van der Waals surface area contributed by atoms with Gasteiger partial charge in [0.15, 0.2) is 0 Å². The number of benzene rings is 1. The normalized spacial score (nSPS) is 17.8. The molecular formula is C23H28N4O4. The second-order valence-corrected chi connectivity index (χ2v) is 8.12. The van der Waals surface area contributed by atoms with Crippen LogP contribution in [0.1, 0.15) is 34.0 Å². The number of aromatic nitrogens is 1. The molecule has 2 N–H and O–H groups in total. The second kappa shape index (κ2) is 9.03. The van der Waals surface area contributed by atoms with Gasteiger partial charge in [-0.15, -0.1) is 0 Å². The topological polar surface area (TPSA) is 97.9 Å². The maximum atomic E-state index is 13.2. The Morgan fingerprint density at radius 3 is 2.52 bits per heavy atom. The van der Waals surface area contributed by atoms with Crippen LogP contribution in [-0.2, 0) is 29.0 Å². The molecule has 8 heteroatoms. The third-order valence-electron chi connectivity index (χ3n) is 6.17. The molecule has 1 fully saturated rings. The van der Waals surface area contributed by atoms with Gasteiger partial charge in [-0.05, 0) is 30.0 Å². The van der Waals surface area contributed by atoms with Crippen molar-refractivity contribution in [2.45, 2.75) is 32.5 Å². The molecule has 1 saturated heterocycles. The van der Waals surface area contributed by atoms with E-state index in [0.717, 1.165) is 24.2 Å². The lowest BCUT2D eigenvalue weighted by molar-refractivity contribution is -0.139. The third-order valence-corrected chi connectivity index (χ3v) is 6.17. The van der Waals surface area contributed by atoms with E-state index in [2.05, 4.69) is 4.90 Å². The van der Waals surface area contributed by atoms with Gasteiger partial charge in [-0.25, -0.2) is 0 Å². The summed E-state index contributed by atoms with van der Waals surface area (Å²) in [5.74, 6) is -0.667. The monoisotopic (exact) mass is 424 g/mol. The summed E-state index contributed by atoms with van der Waals surface area (Å²) in [5, 5.41) is 0. The van der Waals surface area contributed by atoms with Gasteiger partial charge in [0.25, 0.3) is 11.5 Å². The van der Waals surface area contributed by atoms with Crippen molar-refractivity contribution in [2.75, 3.05) is 32.8 Å². The molecule has 164 valence electrons. The Morgan fingerprint density at radius 2 is 1.84 bits per heavy atom. The number of primary amides is 1. The van der Waals surface area contributed by atoms with Crippen LogP contribution in [0.4, 0.5) is 0 Å². The largest absolute Gasteiger partial charge is 0.379 e. The van der Waals surface area contributed by atoms with E-state index < -0.39 is 5.91 Å². The van der Waals surface area contributed by atoms with E-state index in [1.54, 1.807) is 6.20 Å². The number of carbonyl (C=O) groups is 2. The average molecular weight is 425 g/mol. The van der Waals surface area contributed by atoms with Crippen LogP contribution >= 0.6 is 0 Å². The quantitative estimate of drug-likeness (QED) is 0.758. The Labute approximate surface area is 181 Å². The molecular weight excluding hydrogens is 396 g/mol. The van der Waals surface area contributed by atoms with Crippen molar-refractivity contribution >= 4 is 11.8 Å². The van der Waals surface area contributed by atoms with E-state index in [0.29, 0.717) is 44.8 Å². The predicted molar refractivity (Wildman–Crippen MR) is 116 cm³/mol. The summed E-state index contributed by atoms with van der Waals surface area (Å²) in [4.78, 5) is 42.2. The lowest BCUT2D eigenvalue weighted by Gasteiger charge is -2.37. The van der Waals surface area contributed by atoms with Crippen molar-refractivity contribution in [3.8, 4) is 0 Å². The van der Waals surface area contributed by atoms with E-state index in [4.69, 9.17) is 10.5 Å². The number of carbonyl (C=O) groups excluding carboxylic acids is 2. The summed E-state index contributed by atoms with van der Waals surface area (Å²) >= 11 is 0. The number of pyridine rings is 1.